The molecule has 0 atom stereocenters. The second-order valence-corrected chi connectivity index (χ2v) is 8.29. The van der Waals surface area contributed by atoms with Gasteiger partial charge >= 0.3 is 0 Å². The molecule has 0 N–H and O–H groups in total. The highest BCUT2D eigenvalue weighted by Crippen LogP contribution is 2.50. The van der Waals surface area contributed by atoms with E-state index in [2.05, 4.69) is 11.0 Å². The Balaban J connectivity index is 1.30. The van der Waals surface area contributed by atoms with Crippen LogP contribution in [0.2, 0.25) is 5.02 Å². The van der Waals surface area contributed by atoms with E-state index in [1.807, 2.05) is 18.2 Å². The lowest BCUT2D eigenvalue weighted by Gasteiger charge is -2.34. The van der Waals surface area contributed by atoms with Gasteiger partial charge < -0.3 is 9.64 Å². The Labute approximate surface area is 149 Å². The summed E-state index contributed by atoms with van der Waals surface area (Å²) >= 11 is 6.09. The molecule has 1 heterocycles. The summed E-state index contributed by atoms with van der Waals surface area (Å²) in [5.74, 6) is 1.17. The molecule has 130 valence electrons. The van der Waals surface area contributed by atoms with Gasteiger partial charge in [-0.05, 0) is 68.6 Å². The molecule has 1 aromatic carbocycles. The molecular formula is C20H26ClNO2. The van der Waals surface area contributed by atoms with Crippen LogP contribution < -0.4 is 0 Å². The first-order valence-corrected chi connectivity index (χ1v) is 9.68. The molecule has 24 heavy (non-hydrogen) atoms. The van der Waals surface area contributed by atoms with Crippen molar-refractivity contribution in [2.45, 2.75) is 51.0 Å². The zero-order valence-electron chi connectivity index (χ0n) is 14.2. The number of ether oxygens (including phenoxy) is 1. The summed E-state index contributed by atoms with van der Waals surface area (Å²) in [5.41, 5.74) is 1.02. The van der Waals surface area contributed by atoms with Crippen LogP contribution in [0.15, 0.2) is 24.3 Å². The molecule has 2 saturated carbocycles. The fraction of sp³-hybridized carbons (Fsp3) is 0.650. The second kappa shape index (κ2) is 6.68. The number of nitrogens with zero attached hydrogens (tertiary/aromatic N) is 1. The first-order chi connectivity index (χ1) is 11.6. The van der Waals surface area contributed by atoms with Crippen molar-refractivity contribution < 1.29 is 9.53 Å². The molecule has 4 heteroatoms. The summed E-state index contributed by atoms with van der Waals surface area (Å²) in [6.07, 6.45) is 7.86. The van der Waals surface area contributed by atoms with Crippen LogP contribution in [0.3, 0.4) is 0 Å². The minimum absolute atomic E-state index is 0.160. The fourth-order valence-electron chi connectivity index (χ4n) is 3.77. The van der Waals surface area contributed by atoms with Gasteiger partial charge in [0.05, 0.1) is 11.5 Å². The predicted molar refractivity (Wildman–Crippen MR) is 95.1 cm³/mol. The summed E-state index contributed by atoms with van der Waals surface area (Å²) in [5, 5.41) is 0.754. The van der Waals surface area contributed by atoms with Crippen molar-refractivity contribution >= 4 is 17.5 Å². The van der Waals surface area contributed by atoms with Crippen LogP contribution in [0.5, 0.6) is 0 Å². The number of benzene rings is 1. The van der Waals surface area contributed by atoms with Gasteiger partial charge in [-0.2, -0.15) is 0 Å². The molecule has 0 aromatic heterocycles. The van der Waals surface area contributed by atoms with Gasteiger partial charge in [-0.1, -0.05) is 23.7 Å². The van der Waals surface area contributed by atoms with Crippen LogP contribution >= 0.6 is 11.6 Å². The maximum Gasteiger partial charge on any atom is 0.229 e. The molecule has 3 aliphatic rings. The molecule has 0 bridgehead atoms. The summed E-state index contributed by atoms with van der Waals surface area (Å²) in [6, 6.07) is 7.93. The van der Waals surface area contributed by atoms with Gasteiger partial charge in [-0.25, -0.2) is 0 Å². The van der Waals surface area contributed by atoms with Crippen molar-refractivity contribution in [1.29, 1.82) is 0 Å². The molecule has 0 radical (unpaired) electrons. The molecule has 4 rings (SSSR count). The molecule has 3 fully saturated rings. The molecule has 1 amide bonds. The maximum absolute atomic E-state index is 13.0. The topological polar surface area (TPSA) is 29.5 Å². The van der Waals surface area contributed by atoms with E-state index in [4.69, 9.17) is 16.3 Å². The summed E-state index contributed by atoms with van der Waals surface area (Å²) < 4.78 is 5.99. The second-order valence-electron chi connectivity index (χ2n) is 7.86. The zero-order valence-corrected chi connectivity index (χ0v) is 14.9. The van der Waals surface area contributed by atoms with Gasteiger partial charge in [-0.3, -0.25) is 4.79 Å². The fourth-order valence-corrected chi connectivity index (χ4v) is 3.99. The van der Waals surface area contributed by atoms with Crippen LogP contribution in [-0.4, -0.2) is 36.6 Å². The lowest BCUT2D eigenvalue weighted by molar-refractivity contribution is -0.139. The third-order valence-corrected chi connectivity index (χ3v) is 5.97. The van der Waals surface area contributed by atoms with Crippen LogP contribution in [0, 0.1) is 11.3 Å². The van der Waals surface area contributed by atoms with E-state index in [-0.39, 0.29) is 5.41 Å². The molecule has 3 nitrogen and oxygen atoms in total. The lowest BCUT2D eigenvalue weighted by Crippen LogP contribution is -2.45. The number of amides is 1. The van der Waals surface area contributed by atoms with Crippen molar-refractivity contribution in [2.24, 2.45) is 11.3 Å². The number of halogens is 1. The molecule has 1 saturated heterocycles. The summed E-state index contributed by atoms with van der Waals surface area (Å²) in [4.78, 5) is 15.1. The number of hydrogen-bond donors (Lipinski definition) is 0. The third kappa shape index (κ3) is 3.78. The van der Waals surface area contributed by atoms with Crippen molar-refractivity contribution in [3.63, 3.8) is 0 Å². The Morgan fingerprint density at radius 3 is 2.58 bits per heavy atom. The smallest absolute Gasteiger partial charge is 0.229 e. The zero-order chi connectivity index (χ0) is 16.6. The first-order valence-electron chi connectivity index (χ1n) is 9.30. The van der Waals surface area contributed by atoms with Gasteiger partial charge in [0.25, 0.3) is 0 Å². The van der Waals surface area contributed by atoms with Gasteiger partial charge in [-0.15, -0.1) is 0 Å². The Hall–Kier alpha value is -1.06. The number of likely N-dealkylation sites (tertiary alicyclic amines) is 1. The highest BCUT2D eigenvalue weighted by atomic mass is 35.5. The van der Waals surface area contributed by atoms with Crippen molar-refractivity contribution in [3.05, 3.63) is 34.9 Å². The maximum atomic E-state index is 13.0. The number of rotatable bonds is 6. The molecule has 2 aliphatic carbocycles. The van der Waals surface area contributed by atoms with E-state index in [0.717, 1.165) is 62.7 Å². The Bertz CT molecular complexity index is 601. The number of carbonyl (C=O) groups excluding carboxylic acids is 1. The third-order valence-electron chi connectivity index (χ3n) is 5.73. The lowest BCUT2D eigenvalue weighted by atomic mass is 9.93. The standard InChI is InChI=1S/C20H26ClNO2/c21-17-3-1-2-16(12-17)13-20(8-9-20)19(23)22-10-6-18(7-11-22)24-14-15-4-5-15/h1-3,12,15,18H,4-11,13-14H2. The van der Waals surface area contributed by atoms with Gasteiger partial charge in [0, 0.05) is 24.7 Å². The SMILES string of the molecule is O=C(N1CCC(OCC2CC2)CC1)C1(Cc2cccc(Cl)c2)CC1. The normalized spacial score (nSPS) is 23.3. The highest BCUT2D eigenvalue weighted by molar-refractivity contribution is 6.30. The number of piperidine rings is 1. The van der Waals surface area contributed by atoms with Gasteiger partial charge in [0.2, 0.25) is 5.91 Å². The predicted octanol–water partition coefficient (Wildman–Crippen LogP) is 4.08. The number of hydrogen-bond acceptors (Lipinski definition) is 2. The van der Waals surface area contributed by atoms with E-state index in [1.54, 1.807) is 0 Å². The van der Waals surface area contributed by atoms with Crippen LogP contribution in [0.25, 0.3) is 0 Å². The molecular weight excluding hydrogens is 322 g/mol. The van der Waals surface area contributed by atoms with Crippen molar-refractivity contribution in [3.8, 4) is 0 Å². The largest absolute Gasteiger partial charge is 0.378 e. The van der Waals surface area contributed by atoms with E-state index < -0.39 is 0 Å². The van der Waals surface area contributed by atoms with Crippen molar-refractivity contribution in [2.75, 3.05) is 19.7 Å². The van der Waals surface area contributed by atoms with Crippen LogP contribution in [0.4, 0.5) is 0 Å². The quantitative estimate of drug-likeness (QED) is 0.776. The molecule has 1 aromatic rings. The minimum atomic E-state index is -0.160. The summed E-state index contributed by atoms with van der Waals surface area (Å²) in [6.45, 7) is 2.63. The Morgan fingerprint density at radius 1 is 1.21 bits per heavy atom. The first kappa shape index (κ1) is 16.4. The number of carbonyl (C=O) groups is 1. The van der Waals surface area contributed by atoms with Crippen molar-refractivity contribution in [1.82, 2.24) is 4.90 Å². The highest BCUT2D eigenvalue weighted by Gasteiger charge is 2.51. The summed E-state index contributed by atoms with van der Waals surface area (Å²) in [7, 11) is 0. The average molecular weight is 348 g/mol. The minimum Gasteiger partial charge on any atom is -0.378 e. The van der Waals surface area contributed by atoms with E-state index in [0.29, 0.717) is 12.0 Å². The molecule has 0 unspecified atom stereocenters. The van der Waals surface area contributed by atoms with Gasteiger partial charge in [0.15, 0.2) is 0 Å². The van der Waals surface area contributed by atoms with Crippen LogP contribution in [0.1, 0.15) is 44.1 Å². The van der Waals surface area contributed by atoms with E-state index in [9.17, 15) is 4.79 Å². The molecule has 1 aliphatic heterocycles. The van der Waals surface area contributed by atoms with Gasteiger partial charge in [0.1, 0.15) is 0 Å². The molecule has 0 spiro atoms. The van der Waals surface area contributed by atoms with E-state index >= 15 is 0 Å². The average Bonchev–Trinajstić information content (AvgIpc) is 3.49. The van der Waals surface area contributed by atoms with E-state index in [1.165, 1.54) is 18.4 Å². The monoisotopic (exact) mass is 347 g/mol. The Morgan fingerprint density at radius 2 is 1.96 bits per heavy atom. The Kier molecular flexibility index (Phi) is 4.57. The van der Waals surface area contributed by atoms with Crippen LogP contribution in [-0.2, 0) is 16.0 Å².